The number of anilines is 1. The molecular formula is C21H17ClN4O2. The minimum Gasteiger partial charge on any atom is -0.508 e. The number of Topliss-reactive ketones (excluding diaryl/α,β-unsaturated/α-hetero) is 1. The minimum absolute atomic E-state index is 0.0353. The van der Waals surface area contributed by atoms with Gasteiger partial charge in [-0.2, -0.15) is 10.1 Å². The Labute approximate surface area is 166 Å². The first kappa shape index (κ1) is 17.0. The molecule has 6 nitrogen and oxygen atoms in total. The highest BCUT2D eigenvalue weighted by Gasteiger charge is 2.39. The molecule has 2 N–H and O–H groups in total. The molecule has 28 heavy (non-hydrogen) atoms. The molecule has 0 spiro atoms. The molecule has 2 atom stereocenters. The Balaban J connectivity index is 1.62. The summed E-state index contributed by atoms with van der Waals surface area (Å²) in [5.74, 6) is 0.756. The number of fused-ring (bicyclic) bond motifs is 1. The van der Waals surface area contributed by atoms with Crippen molar-refractivity contribution in [3.63, 3.8) is 0 Å². The predicted octanol–water partition coefficient (Wildman–Crippen LogP) is 4.05. The topological polar surface area (TPSA) is 80.0 Å². The van der Waals surface area contributed by atoms with Crippen molar-refractivity contribution in [1.82, 2.24) is 14.8 Å². The van der Waals surface area contributed by atoms with Gasteiger partial charge < -0.3 is 10.4 Å². The van der Waals surface area contributed by atoms with Crippen LogP contribution >= 0.6 is 11.6 Å². The first-order valence-electron chi connectivity index (χ1n) is 9.08. The number of carbonyl (C=O) groups is 1. The molecule has 7 heteroatoms. The Kier molecular flexibility index (Phi) is 3.94. The van der Waals surface area contributed by atoms with Crippen LogP contribution in [0, 0.1) is 0 Å². The van der Waals surface area contributed by atoms with Gasteiger partial charge in [-0.3, -0.25) is 4.79 Å². The quantitative estimate of drug-likeness (QED) is 0.687. The smallest absolute Gasteiger partial charge is 0.226 e. The molecule has 0 unspecified atom stereocenters. The molecule has 0 amide bonds. The maximum absolute atomic E-state index is 13.2. The van der Waals surface area contributed by atoms with E-state index in [0.29, 0.717) is 29.4 Å². The normalized spacial score (nSPS) is 21.1. The van der Waals surface area contributed by atoms with Crippen LogP contribution in [0.3, 0.4) is 0 Å². The Hall–Kier alpha value is -3.12. The van der Waals surface area contributed by atoms with Crippen LogP contribution in [0.5, 0.6) is 5.75 Å². The zero-order valence-corrected chi connectivity index (χ0v) is 15.6. The lowest BCUT2D eigenvalue weighted by molar-refractivity contribution is -0.116. The summed E-state index contributed by atoms with van der Waals surface area (Å²) in [6.45, 7) is 0. The minimum atomic E-state index is -0.370. The van der Waals surface area contributed by atoms with E-state index in [2.05, 4.69) is 15.4 Å². The van der Waals surface area contributed by atoms with E-state index in [-0.39, 0.29) is 23.5 Å². The molecule has 1 aliphatic heterocycles. The SMILES string of the molecule is O=C1C[C@@H](c2ccccc2O)CC2=C1[C@H](c1cccc(Cl)c1)n1ncnc1N2. The first-order chi connectivity index (χ1) is 13.6. The lowest BCUT2D eigenvalue weighted by Crippen LogP contribution is -2.33. The van der Waals surface area contributed by atoms with Gasteiger partial charge in [0.1, 0.15) is 18.1 Å². The van der Waals surface area contributed by atoms with E-state index in [9.17, 15) is 9.90 Å². The van der Waals surface area contributed by atoms with Crippen molar-refractivity contribution in [2.75, 3.05) is 5.32 Å². The molecule has 0 fully saturated rings. The number of hydrogen-bond donors (Lipinski definition) is 2. The number of benzene rings is 2. The molecular weight excluding hydrogens is 376 g/mol. The number of aromatic hydroxyl groups is 1. The van der Waals surface area contributed by atoms with Gasteiger partial charge in [-0.1, -0.05) is 41.9 Å². The second-order valence-electron chi connectivity index (χ2n) is 7.09. The van der Waals surface area contributed by atoms with E-state index in [0.717, 1.165) is 16.8 Å². The van der Waals surface area contributed by atoms with E-state index in [4.69, 9.17) is 11.6 Å². The summed E-state index contributed by atoms with van der Waals surface area (Å²) in [6, 6.07) is 14.3. The summed E-state index contributed by atoms with van der Waals surface area (Å²) in [6.07, 6.45) is 2.42. The average molecular weight is 393 g/mol. The fraction of sp³-hybridized carbons (Fsp3) is 0.190. The van der Waals surface area contributed by atoms with Crippen molar-refractivity contribution in [2.24, 2.45) is 0 Å². The number of phenolic OH excluding ortho intramolecular Hbond substituents is 1. The lowest BCUT2D eigenvalue weighted by Gasteiger charge is -2.35. The van der Waals surface area contributed by atoms with E-state index in [1.807, 2.05) is 30.3 Å². The third-order valence-corrected chi connectivity index (χ3v) is 5.64. The number of rotatable bonds is 2. The fourth-order valence-corrected chi connectivity index (χ4v) is 4.39. The van der Waals surface area contributed by atoms with Gasteiger partial charge in [-0.25, -0.2) is 4.68 Å². The van der Waals surface area contributed by atoms with Gasteiger partial charge in [0.2, 0.25) is 5.95 Å². The third kappa shape index (κ3) is 2.68. The molecule has 0 bridgehead atoms. The number of nitrogens with zero attached hydrogens (tertiary/aromatic N) is 3. The number of carbonyl (C=O) groups excluding carboxylic acids is 1. The molecule has 0 radical (unpaired) electrons. The monoisotopic (exact) mass is 392 g/mol. The molecule has 3 aromatic rings. The van der Waals surface area contributed by atoms with Crippen LogP contribution in [-0.4, -0.2) is 25.7 Å². The van der Waals surface area contributed by atoms with Gasteiger partial charge in [-0.05, 0) is 35.7 Å². The van der Waals surface area contributed by atoms with Crippen LogP contribution in [0.2, 0.25) is 5.02 Å². The van der Waals surface area contributed by atoms with Crippen molar-refractivity contribution in [3.05, 3.63) is 82.3 Å². The van der Waals surface area contributed by atoms with Crippen LogP contribution in [-0.2, 0) is 4.79 Å². The van der Waals surface area contributed by atoms with Crippen molar-refractivity contribution >= 4 is 23.3 Å². The molecule has 5 rings (SSSR count). The highest BCUT2D eigenvalue weighted by Crippen LogP contribution is 2.45. The highest BCUT2D eigenvalue weighted by molar-refractivity contribution is 6.30. The van der Waals surface area contributed by atoms with E-state index >= 15 is 0 Å². The summed E-state index contributed by atoms with van der Waals surface area (Å²) in [4.78, 5) is 17.5. The van der Waals surface area contributed by atoms with Crippen LogP contribution in [0.15, 0.2) is 66.1 Å². The predicted molar refractivity (Wildman–Crippen MR) is 105 cm³/mol. The number of aromatic nitrogens is 3. The maximum Gasteiger partial charge on any atom is 0.226 e. The molecule has 1 aromatic heterocycles. The Morgan fingerprint density at radius 3 is 2.82 bits per heavy atom. The molecule has 1 aliphatic carbocycles. The Morgan fingerprint density at radius 2 is 2.00 bits per heavy atom. The van der Waals surface area contributed by atoms with E-state index < -0.39 is 0 Å². The van der Waals surface area contributed by atoms with Gasteiger partial charge in [0.15, 0.2) is 5.78 Å². The Morgan fingerprint density at radius 1 is 1.14 bits per heavy atom. The maximum atomic E-state index is 13.2. The number of ketones is 1. The van der Waals surface area contributed by atoms with Crippen molar-refractivity contribution in [3.8, 4) is 5.75 Å². The summed E-state index contributed by atoms with van der Waals surface area (Å²) in [5.41, 5.74) is 3.19. The van der Waals surface area contributed by atoms with Crippen LogP contribution in [0.1, 0.15) is 35.9 Å². The summed E-state index contributed by atoms with van der Waals surface area (Å²) in [5, 5.41) is 18.5. The summed E-state index contributed by atoms with van der Waals surface area (Å²) in [7, 11) is 0. The average Bonchev–Trinajstić information content (AvgIpc) is 3.14. The third-order valence-electron chi connectivity index (χ3n) is 5.40. The first-order valence-corrected chi connectivity index (χ1v) is 9.45. The number of phenols is 1. The van der Waals surface area contributed by atoms with Crippen molar-refractivity contribution < 1.29 is 9.90 Å². The molecule has 2 aliphatic rings. The van der Waals surface area contributed by atoms with Gasteiger partial charge in [0, 0.05) is 28.6 Å². The van der Waals surface area contributed by atoms with Crippen LogP contribution in [0.25, 0.3) is 0 Å². The molecule has 2 aromatic carbocycles. The van der Waals surface area contributed by atoms with E-state index in [1.165, 1.54) is 6.33 Å². The van der Waals surface area contributed by atoms with Gasteiger partial charge in [0.25, 0.3) is 0 Å². The number of halogens is 1. The van der Waals surface area contributed by atoms with E-state index in [1.54, 1.807) is 22.9 Å². The van der Waals surface area contributed by atoms with Gasteiger partial charge in [0.05, 0.1) is 0 Å². The largest absolute Gasteiger partial charge is 0.508 e. The molecule has 140 valence electrons. The Bertz CT molecular complexity index is 1120. The number of hydrogen-bond acceptors (Lipinski definition) is 5. The van der Waals surface area contributed by atoms with Gasteiger partial charge in [-0.15, -0.1) is 0 Å². The van der Waals surface area contributed by atoms with Crippen LogP contribution in [0.4, 0.5) is 5.95 Å². The zero-order chi connectivity index (χ0) is 19.3. The fourth-order valence-electron chi connectivity index (χ4n) is 4.19. The standard InChI is InChI=1S/C21H17ClN4O2/c22-14-5-3-4-12(8-14)20-19-16(25-21-23-11-24-26(20)21)9-13(10-18(19)28)15-6-1-2-7-17(15)27/h1-8,11,13,20,27H,9-10H2,(H,23,24,25)/t13-,20-/m0/s1. The molecule has 0 saturated carbocycles. The number of para-hydroxylation sites is 1. The summed E-state index contributed by atoms with van der Waals surface area (Å²) < 4.78 is 1.72. The highest BCUT2D eigenvalue weighted by atomic mass is 35.5. The second kappa shape index (κ2) is 6.49. The summed E-state index contributed by atoms with van der Waals surface area (Å²) >= 11 is 6.21. The number of allylic oxidation sites excluding steroid dienone is 2. The number of nitrogens with one attached hydrogen (secondary N) is 1. The van der Waals surface area contributed by atoms with Crippen molar-refractivity contribution in [1.29, 1.82) is 0 Å². The zero-order valence-electron chi connectivity index (χ0n) is 14.8. The van der Waals surface area contributed by atoms with Crippen molar-refractivity contribution in [2.45, 2.75) is 24.8 Å². The molecule has 2 heterocycles. The van der Waals surface area contributed by atoms with Crippen LogP contribution < -0.4 is 5.32 Å². The second-order valence-corrected chi connectivity index (χ2v) is 7.53. The van der Waals surface area contributed by atoms with Gasteiger partial charge >= 0.3 is 0 Å². The molecule has 0 saturated heterocycles. The lowest BCUT2D eigenvalue weighted by atomic mass is 9.77.